The molecule has 0 spiro atoms. The first-order valence-corrected chi connectivity index (χ1v) is 5.09. The van der Waals surface area contributed by atoms with Crippen LogP contribution in [0.15, 0.2) is 0 Å². The summed E-state index contributed by atoms with van der Waals surface area (Å²) in [5, 5.41) is 3.53. The fourth-order valence-corrected chi connectivity index (χ4v) is 2.32. The van der Waals surface area contributed by atoms with E-state index in [9.17, 15) is 0 Å². The summed E-state index contributed by atoms with van der Waals surface area (Å²) in [6, 6.07) is 0.645. The molecule has 2 aliphatic heterocycles. The molecule has 2 heteroatoms. The van der Waals surface area contributed by atoms with Crippen LogP contribution in [0.1, 0.15) is 39.5 Å². The molecule has 0 aromatic carbocycles. The summed E-state index contributed by atoms with van der Waals surface area (Å²) in [4.78, 5) is 0. The van der Waals surface area contributed by atoms with Crippen molar-refractivity contribution in [3.63, 3.8) is 0 Å². The third kappa shape index (κ3) is 1.64. The van der Waals surface area contributed by atoms with E-state index in [2.05, 4.69) is 19.2 Å². The highest BCUT2D eigenvalue weighted by Gasteiger charge is 2.36. The third-order valence-electron chi connectivity index (χ3n) is 3.05. The SMILES string of the molecule is CC1(C)CCC2NCCCC2O1. The molecule has 0 radical (unpaired) electrons. The number of nitrogens with one attached hydrogen (secondary N) is 1. The second kappa shape index (κ2) is 3.00. The van der Waals surface area contributed by atoms with Crippen LogP contribution in [-0.2, 0) is 4.74 Å². The van der Waals surface area contributed by atoms with Crippen molar-refractivity contribution in [2.75, 3.05) is 6.54 Å². The first-order chi connectivity index (χ1) is 5.67. The van der Waals surface area contributed by atoms with E-state index in [1.54, 1.807) is 0 Å². The monoisotopic (exact) mass is 169 g/mol. The largest absolute Gasteiger partial charge is 0.371 e. The van der Waals surface area contributed by atoms with E-state index in [1.807, 2.05) is 0 Å². The van der Waals surface area contributed by atoms with Crippen molar-refractivity contribution >= 4 is 0 Å². The number of rotatable bonds is 0. The van der Waals surface area contributed by atoms with Crippen molar-refractivity contribution < 1.29 is 4.74 Å². The summed E-state index contributed by atoms with van der Waals surface area (Å²) in [6.45, 7) is 5.60. The van der Waals surface area contributed by atoms with Crippen LogP contribution >= 0.6 is 0 Å². The highest BCUT2D eigenvalue weighted by molar-refractivity contribution is 4.90. The Morgan fingerprint density at radius 2 is 2.17 bits per heavy atom. The van der Waals surface area contributed by atoms with Crippen molar-refractivity contribution in [3.05, 3.63) is 0 Å². The summed E-state index contributed by atoms with van der Waals surface area (Å²) in [5.41, 5.74) is 0.125. The molecular formula is C10H19NO. The molecule has 2 nitrogen and oxygen atoms in total. The first kappa shape index (κ1) is 8.52. The van der Waals surface area contributed by atoms with Gasteiger partial charge in [-0.1, -0.05) is 0 Å². The van der Waals surface area contributed by atoms with E-state index in [4.69, 9.17) is 4.74 Å². The van der Waals surface area contributed by atoms with Crippen LogP contribution in [0.4, 0.5) is 0 Å². The van der Waals surface area contributed by atoms with Crippen molar-refractivity contribution in [3.8, 4) is 0 Å². The van der Waals surface area contributed by atoms with Gasteiger partial charge in [0.25, 0.3) is 0 Å². The molecule has 70 valence electrons. The normalized spacial score (nSPS) is 40.5. The molecule has 0 aromatic heterocycles. The maximum atomic E-state index is 6.02. The second-order valence-corrected chi connectivity index (χ2v) is 4.66. The first-order valence-electron chi connectivity index (χ1n) is 5.09. The van der Waals surface area contributed by atoms with E-state index < -0.39 is 0 Å². The Labute approximate surface area is 74.7 Å². The summed E-state index contributed by atoms with van der Waals surface area (Å²) >= 11 is 0. The molecule has 1 N–H and O–H groups in total. The van der Waals surface area contributed by atoms with Gasteiger partial charge in [-0.3, -0.25) is 0 Å². The molecule has 0 aromatic rings. The van der Waals surface area contributed by atoms with Crippen LogP contribution in [0.2, 0.25) is 0 Å². The summed E-state index contributed by atoms with van der Waals surface area (Å²) in [7, 11) is 0. The van der Waals surface area contributed by atoms with Crippen LogP contribution in [-0.4, -0.2) is 24.3 Å². The minimum absolute atomic E-state index is 0.125. The van der Waals surface area contributed by atoms with Crippen LogP contribution in [0.5, 0.6) is 0 Å². The molecule has 2 saturated heterocycles. The smallest absolute Gasteiger partial charge is 0.0735 e. The van der Waals surface area contributed by atoms with E-state index >= 15 is 0 Å². The van der Waals surface area contributed by atoms with Gasteiger partial charge >= 0.3 is 0 Å². The van der Waals surface area contributed by atoms with Gasteiger partial charge < -0.3 is 10.1 Å². The standard InChI is InChI=1S/C10H19NO/c1-10(2)6-5-8-9(12-10)4-3-7-11-8/h8-9,11H,3-7H2,1-2H3. The zero-order valence-electron chi connectivity index (χ0n) is 8.10. The Bertz CT molecular complexity index is 167. The average Bonchev–Trinajstić information content (AvgIpc) is 2.02. The Morgan fingerprint density at radius 1 is 1.33 bits per heavy atom. The van der Waals surface area contributed by atoms with Crippen LogP contribution in [0.3, 0.4) is 0 Å². The number of ether oxygens (including phenoxy) is 1. The molecule has 0 saturated carbocycles. The third-order valence-corrected chi connectivity index (χ3v) is 3.05. The fourth-order valence-electron chi connectivity index (χ4n) is 2.32. The Kier molecular flexibility index (Phi) is 2.13. The molecule has 0 bridgehead atoms. The Balaban J connectivity index is 1.99. The van der Waals surface area contributed by atoms with E-state index in [0.717, 1.165) is 0 Å². The van der Waals surface area contributed by atoms with Gasteiger partial charge in [0.05, 0.1) is 11.7 Å². The molecule has 0 amide bonds. The van der Waals surface area contributed by atoms with Crippen LogP contribution in [0, 0.1) is 0 Å². The van der Waals surface area contributed by atoms with Crippen molar-refractivity contribution in [1.82, 2.24) is 5.32 Å². The van der Waals surface area contributed by atoms with Gasteiger partial charge in [0, 0.05) is 6.04 Å². The molecule has 2 atom stereocenters. The lowest BCUT2D eigenvalue weighted by molar-refractivity contribution is -0.130. The summed E-state index contributed by atoms with van der Waals surface area (Å²) in [5.74, 6) is 0. The average molecular weight is 169 g/mol. The van der Waals surface area contributed by atoms with Crippen molar-refractivity contribution in [2.24, 2.45) is 0 Å². The number of hydrogen-bond acceptors (Lipinski definition) is 2. The lowest BCUT2D eigenvalue weighted by Gasteiger charge is -2.44. The topological polar surface area (TPSA) is 21.3 Å². The molecule has 2 fully saturated rings. The van der Waals surface area contributed by atoms with Gasteiger partial charge in [0.15, 0.2) is 0 Å². The molecule has 0 aliphatic carbocycles. The van der Waals surface area contributed by atoms with E-state index in [1.165, 1.54) is 32.2 Å². The Morgan fingerprint density at radius 3 is 3.00 bits per heavy atom. The second-order valence-electron chi connectivity index (χ2n) is 4.66. The molecular weight excluding hydrogens is 150 g/mol. The lowest BCUT2D eigenvalue weighted by atomic mass is 9.88. The molecule has 2 unspecified atom stereocenters. The van der Waals surface area contributed by atoms with Gasteiger partial charge in [-0.2, -0.15) is 0 Å². The highest BCUT2D eigenvalue weighted by Crippen LogP contribution is 2.31. The predicted molar refractivity (Wildman–Crippen MR) is 49.2 cm³/mol. The lowest BCUT2D eigenvalue weighted by Crippen LogP contribution is -2.53. The zero-order valence-corrected chi connectivity index (χ0v) is 8.10. The molecule has 12 heavy (non-hydrogen) atoms. The number of fused-ring (bicyclic) bond motifs is 1. The van der Waals surface area contributed by atoms with E-state index in [0.29, 0.717) is 12.1 Å². The number of hydrogen-bond donors (Lipinski definition) is 1. The minimum Gasteiger partial charge on any atom is -0.371 e. The zero-order chi connectivity index (χ0) is 8.60. The maximum absolute atomic E-state index is 6.02. The molecule has 2 heterocycles. The van der Waals surface area contributed by atoms with Crippen LogP contribution in [0.25, 0.3) is 0 Å². The maximum Gasteiger partial charge on any atom is 0.0735 e. The van der Waals surface area contributed by atoms with Crippen molar-refractivity contribution in [1.29, 1.82) is 0 Å². The number of piperidine rings is 1. The quantitative estimate of drug-likeness (QED) is 0.596. The van der Waals surface area contributed by atoms with Gasteiger partial charge in [0.2, 0.25) is 0 Å². The van der Waals surface area contributed by atoms with Gasteiger partial charge in [-0.15, -0.1) is 0 Å². The highest BCUT2D eigenvalue weighted by atomic mass is 16.5. The predicted octanol–water partition coefficient (Wildman–Crippen LogP) is 1.70. The minimum atomic E-state index is 0.125. The van der Waals surface area contributed by atoms with E-state index in [-0.39, 0.29) is 5.60 Å². The molecule has 2 rings (SSSR count). The summed E-state index contributed by atoms with van der Waals surface area (Å²) in [6.07, 6.45) is 5.50. The van der Waals surface area contributed by atoms with Crippen LogP contribution < -0.4 is 5.32 Å². The van der Waals surface area contributed by atoms with Gasteiger partial charge in [-0.05, 0) is 46.1 Å². The fraction of sp³-hybridized carbons (Fsp3) is 1.00. The van der Waals surface area contributed by atoms with Gasteiger partial charge in [-0.25, -0.2) is 0 Å². The van der Waals surface area contributed by atoms with Gasteiger partial charge in [0.1, 0.15) is 0 Å². The van der Waals surface area contributed by atoms with Crippen molar-refractivity contribution in [2.45, 2.75) is 57.3 Å². The summed E-state index contributed by atoms with van der Waals surface area (Å²) < 4.78 is 6.02. The molecule has 2 aliphatic rings. The Hall–Kier alpha value is -0.0800.